The van der Waals surface area contributed by atoms with Gasteiger partial charge in [0.25, 0.3) is 0 Å². The van der Waals surface area contributed by atoms with Crippen molar-refractivity contribution >= 4 is 28.3 Å². The van der Waals surface area contributed by atoms with Crippen LogP contribution in [-0.2, 0) is 13.0 Å². The molecular weight excluding hydrogens is 404 g/mol. The molecule has 2 aliphatic rings. The predicted molar refractivity (Wildman–Crippen MR) is 130 cm³/mol. The van der Waals surface area contributed by atoms with E-state index in [4.69, 9.17) is 16.6 Å². The fourth-order valence-corrected chi connectivity index (χ4v) is 5.26. The molecule has 2 saturated heterocycles. The van der Waals surface area contributed by atoms with Crippen molar-refractivity contribution in [1.82, 2.24) is 14.9 Å². The van der Waals surface area contributed by atoms with E-state index in [0.717, 1.165) is 36.6 Å². The number of rotatable bonds is 5. The molecule has 1 N–H and O–H groups in total. The van der Waals surface area contributed by atoms with Gasteiger partial charge in [-0.3, -0.25) is 0 Å². The van der Waals surface area contributed by atoms with E-state index in [2.05, 4.69) is 45.1 Å². The van der Waals surface area contributed by atoms with Gasteiger partial charge in [0.2, 0.25) is 0 Å². The topological polar surface area (TPSA) is 33.1 Å². The first-order valence-corrected chi connectivity index (χ1v) is 12.3. The molecule has 0 spiro atoms. The molecule has 0 saturated carbocycles. The summed E-state index contributed by atoms with van der Waals surface area (Å²) in [4.78, 5) is 7.69. The summed E-state index contributed by atoms with van der Waals surface area (Å²) >= 11 is 6.14. The van der Waals surface area contributed by atoms with Crippen LogP contribution in [0.1, 0.15) is 49.9 Å². The third kappa shape index (κ3) is 4.91. The van der Waals surface area contributed by atoms with Gasteiger partial charge < -0.3 is 14.8 Å². The van der Waals surface area contributed by atoms with Crippen molar-refractivity contribution in [3.8, 4) is 0 Å². The molecule has 2 aromatic carbocycles. The monoisotopic (exact) mass is 436 g/mol. The van der Waals surface area contributed by atoms with Crippen LogP contribution in [0, 0.1) is 5.92 Å². The summed E-state index contributed by atoms with van der Waals surface area (Å²) in [5, 5.41) is 4.28. The summed E-state index contributed by atoms with van der Waals surface area (Å²) in [6, 6.07) is 15.2. The second-order valence-electron chi connectivity index (χ2n) is 9.21. The minimum atomic E-state index is 0.715. The summed E-state index contributed by atoms with van der Waals surface area (Å²) in [6.07, 6.45) is 8.84. The van der Waals surface area contributed by atoms with Crippen molar-refractivity contribution in [2.24, 2.45) is 5.92 Å². The molecule has 4 nitrogen and oxygen atoms in total. The average Bonchev–Trinajstić information content (AvgIpc) is 2.96. The van der Waals surface area contributed by atoms with Gasteiger partial charge in [0.1, 0.15) is 5.82 Å². The van der Waals surface area contributed by atoms with E-state index in [0.29, 0.717) is 5.92 Å². The quantitative estimate of drug-likeness (QED) is 0.560. The van der Waals surface area contributed by atoms with E-state index >= 15 is 0 Å². The fraction of sp³-hybridized carbons (Fsp3) is 0.500. The molecule has 0 amide bonds. The molecule has 0 bridgehead atoms. The van der Waals surface area contributed by atoms with Crippen LogP contribution >= 0.6 is 11.6 Å². The Morgan fingerprint density at radius 2 is 1.68 bits per heavy atom. The van der Waals surface area contributed by atoms with Crippen molar-refractivity contribution in [3.05, 3.63) is 58.9 Å². The number of anilines is 1. The highest BCUT2D eigenvalue weighted by Gasteiger charge is 2.20. The zero-order chi connectivity index (χ0) is 21.0. The lowest BCUT2D eigenvalue weighted by Crippen LogP contribution is -2.29. The Morgan fingerprint density at radius 1 is 0.935 bits per heavy atom. The Hall–Kier alpha value is -2.04. The zero-order valence-corrected chi connectivity index (χ0v) is 19.1. The highest BCUT2D eigenvalue weighted by molar-refractivity contribution is 6.30. The number of nitrogens with zero attached hydrogens (tertiary/aromatic N) is 3. The third-order valence-corrected chi connectivity index (χ3v) is 7.22. The molecule has 3 heterocycles. The van der Waals surface area contributed by atoms with Crippen molar-refractivity contribution in [2.45, 2.75) is 51.5 Å². The van der Waals surface area contributed by atoms with E-state index in [-0.39, 0.29) is 0 Å². The molecule has 164 valence electrons. The van der Waals surface area contributed by atoms with Gasteiger partial charge in [-0.05, 0) is 80.6 Å². The maximum absolute atomic E-state index is 6.14. The summed E-state index contributed by atoms with van der Waals surface area (Å²) in [5.74, 6) is 1.94. The summed E-state index contributed by atoms with van der Waals surface area (Å²) < 4.78 is 2.46. The van der Waals surface area contributed by atoms with Gasteiger partial charge in [-0.1, -0.05) is 36.6 Å². The number of nitrogens with one attached hydrogen (secondary N) is 1. The van der Waals surface area contributed by atoms with Gasteiger partial charge in [-0.15, -0.1) is 0 Å². The van der Waals surface area contributed by atoms with Gasteiger partial charge in [0, 0.05) is 36.8 Å². The molecule has 3 aromatic rings. The summed E-state index contributed by atoms with van der Waals surface area (Å²) in [6.45, 7) is 5.43. The number of benzene rings is 2. The number of hydrogen-bond acceptors (Lipinski definition) is 3. The highest BCUT2D eigenvalue weighted by Crippen LogP contribution is 2.28. The smallest absolute Gasteiger partial charge is 0.110 e. The molecule has 0 radical (unpaired) electrons. The Kier molecular flexibility index (Phi) is 6.47. The van der Waals surface area contributed by atoms with Gasteiger partial charge in [-0.25, -0.2) is 4.98 Å². The fourth-order valence-electron chi connectivity index (χ4n) is 5.14. The van der Waals surface area contributed by atoms with E-state index in [9.17, 15) is 0 Å². The molecular formula is C26H33ClN4. The molecule has 0 atom stereocenters. The Balaban J connectivity index is 1.51. The van der Waals surface area contributed by atoms with Crippen molar-refractivity contribution in [1.29, 1.82) is 0 Å². The summed E-state index contributed by atoms with van der Waals surface area (Å²) in [5.41, 5.74) is 5.01. The third-order valence-electron chi connectivity index (χ3n) is 6.97. The van der Waals surface area contributed by atoms with Gasteiger partial charge >= 0.3 is 0 Å². The van der Waals surface area contributed by atoms with Crippen molar-refractivity contribution in [3.63, 3.8) is 0 Å². The van der Waals surface area contributed by atoms with Crippen LogP contribution in [0.25, 0.3) is 11.0 Å². The number of imidazole rings is 1. The molecule has 0 unspecified atom stereocenters. The highest BCUT2D eigenvalue weighted by atomic mass is 35.5. The predicted octanol–water partition coefficient (Wildman–Crippen LogP) is 5.66. The molecule has 2 fully saturated rings. The maximum atomic E-state index is 6.14. The number of halogens is 1. The molecule has 1 aromatic heterocycles. The normalized spacial score (nSPS) is 18.4. The van der Waals surface area contributed by atoms with Gasteiger partial charge in [0.15, 0.2) is 0 Å². The van der Waals surface area contributed by atoms with Gasteiger partial charge in [0.05, 0.1) is 11.0 Å². The molecule has 2 aliphatic heterocycles. The minimum Gasteiger partial charge on any atom is -0.371 e. The first-order valence-electron chi connectivity index (χ1n) is 12.0. The first kappa shape index (κ1) is 20.8. The largest absolute Gasteiger partial charge is 0.371 e. The Bertz CT molecular complexity index is 996. The zero-order valence-electron chi connectivity index (χ0n) is 18.3. The molecule has 31 heavy (non-hydrogen) atoms. The minimum absolute atomic E-state index is 0.715. The number of hydrogen-bond donors (Lipinski definition) is 1. The molecule has 5 rings (SSSR count). The lowest BCUT2D eigenvalue weighted by molar-refractivity contribution is 0.364. The standard InChI is InChI=1S/C26H33ClN4/c27-22-7-5-21(6-8-22)19-31-25-18-23(30-15-3-1-2-4-16-30)9-10-24(25)29-26(31)17-20-11-13-28-14-12-20/h5-10,18,20,28H,1-4,11-17,19H2. The van der Waals surface area contributed by atoms with E-state index in [1.54, 1.807) is 0 Å². The molecule has 5 heteroatoms. The van der Waals surface area contributed by atoms with Crippen LogP contribution in [0.3, 0.4) is 0 Å². The SMILES string of the molecule is Clc1ccc(Cn2c(CC3CCNCC3)nc3ccc(N4CCCCCC4)cc32)cc1. The molecule has 0 aliphatic carbocycles. The first-order chi connectivity index (χ1) is 15.3. The number of piperidine rings is 1. The van der Waals surface area contributed by atoms with Crippen molar-refractivity contribution in [2.75, 3.05) is 31.1 Å². The Morgan fingerprint density at radius 3 is 2.42 bits per heavy atom. The van der Waals surface area contributed by atoms with Crippen LogP contribution in [0.5, 0.6) is 0 Å². The number of fused-ring (bicyclic) bond motifs is 1. The van der Waals surface area contributed by atoms with E-state index in [1.807, 2.05) is 12.1 Å². The van der Waals surface area contributed by atoms with Gasteiger partial charge in [-0.2, -0.15) is 0 Å². The Labute approximate surface area is 190 Å². The van der Waals surface area contributed by atoms with Crippen LogP contribution in [0.4, 0.5) is 5.69 Å². The second-order valence-corrected chi connectivity index (χ2v) is 9.65. The maximum Gasteiger partial charge on any atom is 0.110 e. The lowest BCUT2D eigenvalue weighted by atomic mass is 9.94. The van der Waals surface area contributed by atoms with Crippen LogP contribution in [-0.4, -0.2) is 35.7 Å². The second kappa shape index (κ2) is 9.62. The van der Waals surface area contributed by atoms with Crippen molar-refractivity contribution < 1.29 is 0 Å². The summed E-state index contributed by atoms with van der Waals surface area (Å²) in [7, 11) is 0. The van der Waals surface area contributed by atoms with E-state index < -0.39 is 0 Å². The number of aromatic nitrogens is 2. The average molecular weight is 437 g/mol. The lowest BCUT2D eigenvalue weighted by Gasteiger charge is -2.23. The van der Waals surface area contributed by atoms with Crippen LogP contribution in [0.2, 0.25) is 5.02 Å². The van der Waals surface area contributed by atoms with Crippen LogP contribution in [0.15, 0.2) is 42.5 Å². The van der Waals surface area contributed by atoms with Crippen LogP contribution < -0.4 is 10.2 Å². The van der Waals surface area contributed by atoms with E-state index in [1.165, 1.54) is 74.2 Å².